The maximum absolute atomic E-state index is 12.3. The molecule has 0 bridgehead atoms. The summed E-state index contributed by atoms with van der Waals surface area (Å²) in [5, 5.41) is 15.3. The van der Waals surface area contributed by atoms with E-state index in [1.807, 2.05) is 30.0 Å². The second kappa shape index (κ2) is 7.21. The summed E-state index contributed by atoms with van der Waals surface area (Å²) in [7, 11) is 0. The van der Waals surface area contributed by atoms with Gasteiger partial charge in [0.2, 0.25) is 5.91 Å². The Bertz CT molecular complexity index is 550. The van der Waals surface area contributed by atoms with E-state index < -0.39 is 0 Å². The summed E-state index contributed by atoms with van der Waals surface area (Å²) in [6, 6.07) is 8.05. The van der Waals surface area contributed by atoms with Gasteiger partial charge in [0.25, 0.3) is 0 Å². The van der Waals surface area contributed by atoms with Gasteiger partial charge in [0, 0.05) is 25.3 Å². The van der Waals surface area contributed by atoms with Gasteiger partial charge in [0.1, 0.15) is 6.04 Å². The monoisotopic (exact) mass is 286 g/mol. The van der Waals surface area contributed by atoms with Crippen LogP contribution in [-0.4, -0.2) is 43.0 Å². The molecule has 0 saturated carbocycles. The number of anilines is 1. The summed E-state index contributed by atoms with van der Waals surface area (Å²) >= 11 is 0. The molecule has 5 heteroatoms. The van der Waals surface area contributed by atoms with E-state index in [2.05, 4.69) is 23.6 Å². The molecule has 1 atom stereocenters. The van der Waals surface area contributed by atoms with Gasteiger partial charge in [-0.25, -0.2) is 0 Å². The molecule has 1 aliphatic heterocycles. The molecule has 1 unspecified atom stereocenters. The number of nitrogens with zero attached hydrogens (tertiary/aromatic N) is 2. The predicted molar refractivity (Wildman–Crippen MR) is 83.0 cm³/mol. The molecule has 5 nitrogen and oxygen atoms in total. The van der Waals surface area contributed by atoms with Crippen molar-refractivity contribution < 1.29 is 4.79 Å². The maximum Gasteiger partial charge on any atom is 0.238 e. The van der Waals surface area contributed by atoms with Gasteiger partial charge in [0.15, 0.2) is 0 Å². The van der Waals surface area contributed by atoms with Gasteiger partial charge in [-0.15, -0.1) is 0 Å². The molecule has 1 saturated heterocycles. The van der Waals surface area contributed by atoms with Crippen LogP contribution in [0.1, 0.15) is 18.1 Å². The first-order chi connectivity index (χ1) is 10.2. The Morgan fingerprint density at radius 1 is 1.57 bits per heavy atom. The molecular formula is C16H22N4O. The third kappa shape index (κ3) is 3.81. The lowest BCUT2D eigenvalue weighted by Gasteiger charge is -2.31. The molecule has 1 fully saturated rings. The predicted octanol–water partition coefficient (Wildman–Crippen LogP) is 1.29. The molecule has 1 aromatic rings. The lowest BCUT2D eigenvalue weighted by molar-refractivity contribution is -0.117. The molecule has 0 aliphatic carbocycles. The molecule has 2 N–H and O–H groups in total. The van der Waals surface area contributed by atoms with Crippen LogP contribution in [0.5, 0.6) is 0 Å². The summed E-state index contributed by atoms with van der Waals surface area (Å²) in [6.07, 6.45) is 0.881. The third-order valence-electron chi connectivity index (χ3n) is 3.85. The van der Waals surface area contributed by atoms with E-state index in [1.165, 1.54) is 0 Å². The topological polar surface area (TPSA) is 68.2 Å². The first kappa shape index (κ1) is 15.5. The Hall–Kier alpha value is -1.90. The van der Waals surface area contributed by atoms with Crippen LogP contribution < -0.4 is 10.6 Å². The molecule has 1 aromatic carbocycles. The number of hydrogen-bond donors (Lipinski definition) is 2. The maximum atomic E-state index is 12.3. The molecule has 0 aromatic heterocycles. The molecule has 0 radical (unpaired) electrons. The summed E-state index contributed by atoms with van der Waals surface area (Å²) in [6.45, 7) is 6.49. The minimum atomic E-state index is -0.230. The van der Waals surface area contributed by atoms with Crippen LogP contribution in [0.25, 0.3) is 0 Å². The standard InChI is InChI=1S/C16H22N4O/c1-3-13-6-4-5-12(2)16(13)19-15(21)11-20-8-7-18-10-14(20)9-17/h4-6,14,18H,3,7-8,10-11H2,1-2H3,(H,19,21). The smallest absolute Gasteiger partial charge is 0.238 e. The number of hydrogen-bond acceptors (Lipinski definition) is 4. The van der Waals surface area contributed by atoms with Crippen LogP contribution >= 0.6 is 0 Å². The molecule has 112 valence electrons. The first-order valence-electron chi connectivity index (χ1n) is 7.38. The number of amides is 1. The van der Waals surface area contributed by atoms with Crippen molar-refractivity contribution in [2.75, 3.05) is 31.5 Å². The number of nitriles is 1. The SMILES string of the molecule is CCc1cccc(C)c1NC(=O)CN1CCNCC1C#N. The largest absolute Gasteiger partial charge is 0.324 e. The van der Waals surface area contributed by atoms with Crippen LogP contribution in [0.4, 0.5) is 5.69 Å². The van der Waals surface area contributed by atoms with Gasteiger partial charge in [-0.3, -0.25) is 9.69 Å². The number of aryl methyl sites for hydroxylation is 2. The summed E-state index contributed by atoms with van der Waals surface area (Å²) in [5.41, 5.74) is 3.12. The Labute approximate surface area is 125 Å². The van der Waals surface area contributed by atoms with E-state index >= 15 is 0 Å². The highest BCUT2D eigenvalue weighted by molar-refractivity contribution is 5.93. The number of carbonyl (C=O) groups excluding carboxylic acids is 1. The highest BCUT2D eigenvalue weighted by Crippen LogP contribution is 2.21. The highest BCUT2D eigenvalue weighted by Gasteiger charge is 2.24. The Kier molecular flexibility index (Phi) is 5.32. The van der Waals surface area contributed by atoms with Gasteiger partial charge in [-0.1, -0.05) is 25.1 Å². The van der Waals surface area contributed by atoms with E-state index in [0.717, 1.165) is 36.3 Å². The van der Waals surface area contributed by atoms with Crippen LogP contribution in [0.3, 0.4) is 0 Å². The van der Waals surface area contributed by atoms with Crippen molar-refractivity contribution in [1.82, 2.24) is 10.2 Å². The van der Waals surface area contributed by atoms with Crippen molar-refractivity contribution in [3.05, 3.63) is 29.3 Å². The number of para-hydroxylation sites is 1. The minimum absolute atomic E-state index is 0.0545. The normalized spacial score (nSPS) is 19.0. The average Bonchev–Trinajstić information content (AvgIpc) is 2.49. The Morgan fingerprint density at radius 2 is 2.38 bits per heavy atom. The zero-order valence-electron chi connectivity index (χ0n) is 12.6. The van der Waals surface area contributed by atoms with Crippen molar-refractivity contribution in [2.24, 2.45) is 0 Å². The van der Waals surface area contributed by atoms with Crippen LogP contribution in [0.2, 0.25) is 0 Å². The fourth-order valence-electron chi connectivity index (χ4n) is 2.63. The van der Waals surface area contributed by atoms with E-state index in [9.17, 15) is 4.79 Å². The molecule has 1 amide bonds. The van der Waals surface area contributed by atoms with E-state index in [0.29, 0.717) is 6.54 Å². The number of piperazine rings is 1. The average molecular weight is 286 g/mol. The van der Waals surface area contributed by atoms with Crippen molar-refractivity contribution >= 4 is 11.6 Å². The summed E-state index contributed by atoms with van der Waals surface area (Å²) in [5.74, 6) is -0.0545. The molecule has 1 heterocycles. The van der Waals surface area contributed by atoms with Gasteiger partial charge in [-0.2, -0.15) is 5.26 Å². The van der Waals surface area contributed by atoms with E-state index in [-0.39, 0.29) is 18.5 Å². The highest BCUT2D eigenvalue weighted by atomic mass is 16.2. The zero-order chi connectivity index (χ0) is 15.2. The lowest BCUT2D eigenvalue weighted by atomic mass is 10.1. The minimum Gasteiger partial charge on any atom is -0.324 e. The van der Waals surface area contributed by atoms with Crippen LogP contribution in [0.15, 0.2) is 18.2 Å². The quantitative estimate of drug-likeness (QED) is 0.875. The Balaban J connectivity index is 2.03. The number of rotatable bonds is 4. The summed E-state index contributed by atoms with van der Waals surface area (Å²) in [4.78, 5) is 14.2. The molecule has 2 rings (SSSR count). The second-order valence-corrected chi connectivity index (χ2v) is 5.33. The molecular weight excluding hydrogens is 264 g/mol. The van der Waals surface area contributed by atoms with Crippen molar-refractivity contribution in [1.29, 1.82) is 5.26 Å². The molecule has 21 heavy (non-hydrogen) atoms. The molecule has 0 spiro atoms. The van der Waals surface area contributed by atoms with Crippen molar-refractivity contribution in [3.8, 4) is 6.07 Å². The summed E-state index contributed by atoms with van der Waals surface area (Å²) < 4.78 is 0. The Morgan fingerprint density at radius 3 is 3.10 bits per heavy atom. The third-order valence-corrected chi connectivity index (χ3v) is 3.85. The number of benzene rings is 1. The molecule has 1 aliphatic rings. The van der Waals surface area contributed by atoms with Gasteiger partial charge < -0.3 is 10.6 Å². The van der Waals surface area contributed by atoms with Gasteiger partial charge in [0.05, 0.1) is 12.6 Å². The fourth-order valence-corrected chi connectivity index (χ4v) is 2.63. The van der Waals surface area contributed by atoms with Crippen LogP contribution in [0, 0.1) is 18.3 Å². The van der Waals surface area contributed by atoms with Gasteiger partial charge >= 0.3 is 0 Å². The van der Waals surface area contributed by atoms with Crippen molar-refractivity contribution in [3.63, 3.8) is 0 Å². The van der Waals surface area contributed by atoms with Crippen molar-refractivity contribution in [2.45, 2.75) is 26.3 Å². The van der Waals surface area contributed by atoms with E-state index in [4.69, 9.17) is 5.26 Å². The first-order valence-corrected chi connectivity index (χ1v) is 7.38. The van der Waals surface area contributed by atoms with Crippen LogP contribution in [-0.2, 0) is 11.2 Å². The fraction of sp³-hybridized carbons (Fsp3) is 0.500. The number of nitrogens with one attached hydrogen (secondary N) is 2. The number of carbonyl (C=O) groups is 1. The van der Waals surface area contributed by atoms with Gasteiger partial charge in [-0.05, 0) is 24.5 Å². The van der Waals surface area contributed by atoms with E-state index in [1.54, 1.807) is 0 Å². The lowest BCUT2D eigenvalue weighted by Crippen LogP contribution is -2.52. The second-order valence-electron chi connectivity index (χ2n) is 5.33. The zero-order valence-corrected chi connectivity index (χ0v) is 12.6.